The summed E-state index contributed by atoms with van der Waals surface area (Å²) in [6, 6.07) is 6.46. The van der Waals surface area contributed by atoms with E-state index in [2.05, 4.69) is 53.0 Å². The van der Waals surface area contributed by atoms with Gasteiger partial charge in [0.15, 0.2) is 0 Å². The summed E-state index contributed by atoms with van der Waals surface area (Å²) in [6.45, 7) is 3.93. The fourth-order valence-electron chi connectivity index (χ4n) is 1.85. The van der Waals surface area contributed by atoms with Crippen LogP contribution in [-0.4, -0.2) is 25.0 Å². The van der Waals surface area contributed by atoms with Gasteiger partial charge in [-0.3, -0.25) is 0 Å². The number of halogens is 1. The molecule has 0 fully saturated rings. The van der Waals surface area contributed by atoms with E-state index in [0.29, 0.717) is 4.83 Å². The Bertz CT molecular complexity index is 351. The molecule has 82 valence electrons. The van der Waals surface area contributed by atoms with Crippen LogP contribution in [0, 0.1) is 0 Å². The number of benzene rings is 1. The van der Waals surface area contributed by atoms with Crippen LogP contribution < -0.4 is 9.64 Å². The minimum atomic E-state index is 0.519. The van der Waals surface area contributed by atoms with E-state index in [1.54, 1.807) is 0 Å². The van der Waals surface area contributed by atoms with Crippen molar-refractivity contribution in [2.24, 2.45) is 0 Å². The van der Waals surface area contributed by atoms with Crippen molar-refractivity contribution in [1.29, 1.82) is 0 Å². The number of nitrogens with zero attached hydrogens (tertiary/aromatic N) is 1. The molecule has 1 heterocycles. The Morgan fingerprint density at radius 3 is 3.07 bits per heavy atom. The zero-order chi connectivity index (χ0) is 10.8. The van der Waals surface area contributed by atoms with Crippen molar-refractivity contribution in [2.45, 2.75) is 18.2 Å². The first-order chi connectivity index (χ1) is 7.16. The van der Waals surface area contributed by atoms with Crippen molar-refractivity contribution in [3.63, 3.8) is 0 Å². The van der Waals surface area contributed by atoms with Gasteiger partial charge < -0.3 is 9.64 Å². The van der Waals surface area contributed by atoms with Gasteiger partial charge in [0, 0.05) is 11.9 Å². The van der Waals surface area contributed by atoms with Crippen LogP contribution >= 0.6 is 15.9 Å². The van der Waals surface area contributed by atoms with Gasteiger partial charge >= 0.3 is 0 Å². The van der Waals surface area contributed by atoms with E-state index in [4.69, 9.17) is 4.74 Å². The number of hydrogen-bond donors (Lipinski definition) is 0. The molecule has 1 aliphatic heterocycles. The van der Waals surface area contributed by atoms with Gasteiger partial charge in [-0.1, -0.05) is 28.9 Å². The third kappa shape index (κ3) is 2.46. The minimum absolute atomic E-state index is 0.519. The molecule has 0 saturated carbocycles. The molecule has 0 aliphatic carbocycles. The number of ether oxygens (including phenoxy) is 1. The first-order valence-corrected chi connectivity index (χ1v) is 6.19. The highest BCUT2D eigenvalue weighted by Gasteiger charge is 2.15. The number of anilines is 1. The maximum absolute atomic E-state index is 5.60. The van der Waals surface area contributed by atoms with Crippen LogP contribution in [-0.2, 0) is 6.42 Å². The van der Waals surface area contributed by atoms with Crippen molar-refractivity contribution >= 4 is 21.6 Å². The predicted octanol–water partition coefficient (Wildman–Crippen LogP) is 2.84. The second-order valence-electron chi connectivity index (χ2n) is 4.06. The summed E-state index contributed by atoms with van der Waals surface area (Å²) < 4.78 is 5.60. The average Bonchev–Trinajstić information content (AvgIpc) is 2.18. The quantitative estimate of drug-likeness (QED) is 0.766. The molecule has 1 unspecified atom stereocenters. The topological polar surface area (TPSA) is 12.5 Å². The summed E-state index contributed by atoms with van der Waals surface area (Å²) in [5, 5.41) is 0. The van der Waals surface area contributed by atoms with Crippen molar-refractivity contribution in [3.05, 3.63) is 23.8 Å². The molecule has 1 aromatic carbocycles. The van der Waals surface area contributed by atoms with E-state index in [0.717, 1.165) is 25.3 Å². The van der Waals surface area contributed by atoms with Crippen molar-refractivity contribution in [1.82, 2.24) is 0 Å². The first kappa shape index (κ1) is 10.8. The van der Waals surface area contributed by atoms with Crippen molar-refractivity contribution in [3.8, 4) is 5.75 Å². The monoisotopic (exact) mass is 269 g/mol. The van der Waals surface area contributed by atoms with Crippen LogP contribution in [0.25, 0.3) is 0 Å². The Morgan fingerprint density at radius 1 is 1.53 bits per heavy atom. The fraction of sp³-hybridized carbons (Fsp3) is 0.500. The number of hydrogen-bond acceptors (Lipinski definition) is 2. The van der Waals surface area contributed by atoms with Gasteiger partial charge in [-0.05, 0) is 24.1 Å². The molecule has 1 aliphatic rings. The lowest BCUT2D eigenvalue weighted by molar-refractivity contribution is 0.311. The summed E-state index contributed by atoms with van der Waals surface area (Å²) in [4.78, 5) is 2.77. The largest absolute Gasteiger partial charge is 0.490 e. The highest BCUT2D eigenvalue weighted by atomic mass is 79.9. The maximum atomic E-state index is 5.60. The molecule has 0 spiro atoms. The predicted molar refractivity (Wildman–Crippen MR) is 67.3 cm³/mol. The lowest BCUT2D eigenvalue weighted by Gasteiger charge is -2.28. The summed E-state index contributed by atoms with van der Waals surface area (Å²) in [5.74, 6) is 1.01. The standard InChI is InChI=1S/C12H16BrNO/c1-9(13)7-10-3-4-12-11(8-10)14(2)5-6-15-12/h3-4,8-9H,5-7H2,1-2H3. The Hall–Kier alpha value is -0.700. The fourth-order valence-corrected chi connectivity index (χ4v) is 2.22. The van der Waals surface area contributed by atoms with E-state index in [1.807, 2.05) is 0 Å². The van der Waals surface area contributed by atoms with Crippen LogP contribution in [0.5, 0.6) is 5.75 Å². The van der Waals surface area contributed by atoms with E-state index in [9.17, 15) is 0 Å². The molecule has 0 N–H and O–H groups in total. The zero-order valence-electron chi connectivity index (χ0n) is 9.16. The van der Waals surface area contributed by atoms with Crippen LogP contribution in [0.3, 0.4) is 0 Å². The minimum Gasteiger partial charge on any atom is -0.490 e. The molecule has 1 aromatic rings. The zero-order valence-corrected chi connectivity index (χ0v) is 10.8. The molecule has 0 saturated heterocycles. The summed E-state index contributed by atoms with van der Waals surface area (Å²) in [7, 11) is 2.11. The highest BCUT2D eigenvalue weighted by Crippen LogP contribution is 2.31. The molecular weight excluding hydrogens is 254 g/mol. The summed E-state index contributed by atoms with van der Waals surface area (Å²) >= 11 is 3.58. The van der Waals surface area contributed by atoms with E-state index in [-0.39, 0.29) is 0 Å². The summed E-state index contributed by atoms with van der Waals surface area (Å²) in [5.41, 5.74) is 2.57. The number of alkyl halides is 1. The normalized spacial score (nSPS) is 16.9. The molecule has 2 nitrogen and oxygen atoms in total. The average molecular weight is 270 g/mol. The maximum Gasteiger partial charge on any atom is 0.142 e. The van der Waals surface area contributed by atoms with Crippen LogP contribution in [0.1, 0.15) is 12.5 Å². The highest BCUT2D eigenvalue weighted by molar-refractivity contribution is 9.09. The molecular formula is C12H16BrNO. The second-order valence-corrected chi connectivity index (χ2v) is 5.62. The Morgan fingerprint density at radius 2 is 2.33 bits per heavy atom. The second kappa shape index (κ2) is 4.44. The van der Waals surface area contributed by atoms with Gasteiger partial charge in [0.1, 0.15) is 12.4 Å². The molecule has 3 heteroatoms. The molecule has 0 amide bonds. The van der Waals surface area contributed by atoms with Crippen LogP contribution in [0.4, 0.5) is 5.69 Å². The van der Waals surface area contributed by atoms with Crippen molar-refractivity contribution in [2.75, 3.05) is 25.1 Å². The smallest absolute Gasteiger partial charge is 0.142 e. The number of likely N-dealkylation sites (N-methyl/N-ethyl adjacent to an activating group) is 1. The van der Waals surface area contributed by atoms with Crippen LogP contribution in [0.15, 0.2) is 18.2 Å². The third-order valence-corrected chi connectivity index (χ3v) is 2.96. The Labute approximate surface area is 99.4 Å². The van der Waals surface area contributed by atoms with Gasteiger partial charge in [-0.2, -0.15) is 0 Å². The molecule has 0 bridgehead atoms. The van der Waals surface area contributed by atoms with E-state index in [1.165, 1.54) is 11.3 Å². The third-order valence-electron chi connectivity index (χ3n) is 2.64. The van der Waals surface area contributed by atoms with Gasteiger partial charge in [0.2, 0.25) is 0 Å². The van der Waals surface area contributed by atoms with Gasteiger partial charge in [-0.15, -0.1) is 0 Å². The van der Waals surface area contributed by atoms with Crippen LogP contribution in [0.2, 0.25) is 0 Å². The van der Waals surface area contributed by atoms with Gasteiger partial charge in [0.25, 0.3) is 0 Å². The number of rotatable bonds is 2. The van der Waals surface area contributed by atoms with E-state index >= 15 is 0 Å². The van der Waals surface area contributed by atoms with Gasteiger partial charge in [-0.25, -0.2) is 0 Å². The SMILES string of the molecule is CC(Br)Cc1ccc2c(c1)N(C)CCO2. The molecule has 2 rings (SSSR count). The molecule has 0 radical (unpaired) electrons. The molecule has 0 aromatic heterocycles. The lowest BCUT2D eigenvalue weighted by Crippen LogP contribution is -2.28. The lowest BCUT2D eigenvalue weighted by atomic mass is 10.1. The Balaban J connectivity index is 2.27. The molecule has 15 heavy (non-hydrogen) atoms. The summed E-state index contributed by atoms with van der Waals surface area (Å²) in [6.07, 6.45) is 1.06. The first-order valence-electron chi connectivity index (χ1n) is 5.28. The van der Waals surface area contributed by atoms with E-state index < -0.39 is 0 Å². The number of fused-ring (bicyclic) bond motifs is 1. The molecule has 1 atom stereocenters. The van der Waals surface area contributed by atoms with Crippen molar-refractivity contribution < 1.29 is 4.74 Å². The Kier molecular flexibility index (Phi) is 3.19. The van der Waals surface area contributed by atoms with Gasteiger partial charge in [0.05, 0.1) is 12.2 Å².